The topological polar surface area (TPSA) is 66.6 Å². The fourth-order valence-corrected chi connectivity index (χ4v) is 2.76. The molecule has 0 spiro atoms. The van der Waals surface area contributed by atoms with Crippen LogP contribution in [0, 0.1) is 11.7 Å². The molecule has 1 aliphatic heterocycles. The highest BCUT2D eigenvalue weighted by Crippen LogP contribution is 2.23. The number of benzene rings is 1. The summed E-state index contributed by atoms with van der Waals surface area (Å²) in [6, 6.07) is 5.76. The molecule has 110 valence electrons. The maximum Gasteiger partial charge on any atom is 0.256 e. The van der Waals surface area contributed by atoms with Gasteiger partial charge in [-0.25, -0.2) is 4.39 Å². The Morgan fingerprint density at radius 2 is 2.20 bits per heavy atom. The quantitative estimate of drug-likeness (QED) is 0.879. The van der Waals surface area contributed by atoms with Crippen molar-refractivity contribution in [1.82, 2.24) is 4.90 Å². The van der Waals surface area contributed by atoms with Gasteiger partial charge in [0.1, 0.15) is 5.82 Å². The van der Waals surface area contributed by atoms with Crippen LogP contribution in [0.3, 0.4) is 0 Å². The molecule has 0 aromatic heterocycles. The molecule has 0 bridgehead atoms. The van der Waals surface area contributed by atoms with E-state index in [9.17, 15) is 14.3 Å². The third-order valence-electron chi connectivity index (χ3n) is 3.87. The average molecular weight is 280 g/mol. The summed E-state index contributed by atoms with van der Waals surface area (Å²) < 4.78 is 13.7. The summed E-state index contributed by atoms with van der Waals surface area (Å²) in [6.07, 6.45) is 0.840. The number of hydrogen-bond donors (Lipinski definition) is 2. The van der Waals surface area contributed by atoms with Gasteiger partial charge in [-0.3, -0.25) is 4.79 Å². The van der Waals surface area contributed by atoms with Crippen LogP contribution in [-0.4, -0.2) is 41.1 Å². The van der Waals surface area contributed by atoms with Gasteiger partial charge in [-0.1, -0.05) is 19.1 Å². The average Bonchev–Trinajstić information content (AvgIpc) is 2.45. The van der Waals surface area contributed by atoms with Gasteiger partial charge in [0, 0.05) is 25.0 Å². The zero-order chi connectivity index (χ0) is 14.7. The number of aliphatic hydroxyl groups is 1. The standard InChI is InChI=1S/C15H21FN2O2/c1-2-14(19)10-7-11(17)9-18(8-10)15(20)12-5-3-4-6-13(12)16/h3-6,10-11,14,19H,2,7-9,17H2,1H3. The van der Waals surface area contributed by atoms with Crippen molar-refractivity contribution in [1.29, 1.82) is 0 Å². The van der Waals surface area contributed by atoms with Gasteiger partial charge in [0.25, 0.3) is 5.91 Å². The summed E-state index contributed by atoms with van der Waals surface area (Å²) in [7, 11) is 0. The largest absolute Gasteiger partial charge is 0.393 e. The lowest BCUT2D eigenvalue weighted by atomic mass is 9.88. The molecule has 2 rings (SSSR count). The van der Waals surface area contributed by atoms with Gasteiger partial charge in [-0.05, 0) is 25.0 Å². The van der Waals surface area contributed by atoms with Crippen LogP contribution in [0.1, 0.15) is 30.1 Å². The van der Waals surface area contributed by atoms with E-state index in [0.29, 0.717) is 25.9 Å². The molecule has 3 N–H and O–H groups in total. The van der Waals surface area contributed by atoms with E-state index in [1.807, 2.05) is 6.92 Å². The highest BCUT2D eigenvalue weighted by molar-refractivity contribution is 5.94. The smallest absolute Gasteiger partial charge is 0.256 e. The normalized spacial score (nSPS) is 24.5. The molecular weight excluding hydrogens is 259 g/mol. The fraction of sp³-hybridized carbons (Fsp3) is 0.533. The van der Waals surface area contributed by atoms with Crippen molar-refractivity contribution >= 4 is 5.91 Å². The molecule has 1 aromatic carbocycles. The van der Waals surface area contributed by atoms with Crippen molar-refractivity contribution in [3.8, 4) is 0 Å². The second kappa shape index (κ2) is 6.33. The molecule has 0 aliphatic carbocycles. The van der Waals surface area contributed by atoms with E-state index in [0.717, 1.165) is 0 Å². The van der Waals surface area contributed by atoms with Crippen molar-refractivity contribution in [2.75, 3.05) is 13.1 Å². The monoisotopic (exact) mass is 280 g/mol. The maximum atomic E-state index is 13.7. The second-order valence-electron chi connectivity index (χ2n) is 5.42. The van der Waals surface area contributed by atoms with Gasteiger partial charge >= 0.3 is 0 Å². The number of carbonyl (C=O) groups is 1. The van der Waals surface area contributed by atoms with Crippen LogP contribution >= 0.6 is 0 Å². The Balaban J connectivity index is 2.15. The van der Waals surface area contributed by atoms with E-state index < -0.39 is 11.9 Å². The third-order valence-corrected chi connectivity index (χ3v) is 3.87. The van der Waals surface area contributed by atoms with Crippen LogP contribution in [0.5, 0.6) is 0 Å². The molecule has 1 fully saturated rings. The molecule has 1 saturated heterocycles. The Labute approximate surface area is 118 Å². The van der Waals surface area contributed by atoms with Gasteiger partial charge in [-0.2, -0.15) is 0 Å². The number of likely N-dealkylation sites (tertiary alicyclic amines) is 1. The molecule has 0 radical (unpaired) electrons. The van der Waals surface area contributed by atoms with E-state index in [1.165, 1.54) is 12.1 Å². The fourth-order valence-electron chi connectivity index (χ4n) is 2.76. The number of nitrogens with two attached hydrogens (primary N) is 1. The molecule has 1 aliphatic rings. The van der Waals surface area contributed by atoms with Crippen LogP contribution in [0.25, 0.3) is 0 Å². The lowest BCUT2D eigenvalue weighted by Gasteiger charge is -2.38. The molecule has 0 saturated carbocycles. The first-order chi connectivity index (χ1) is 9.52. The third kappa shape index (κ3) is 3.16. The van der Waals surface area contributed by atoms with Crippen LogP contribution in [-0.2, 0) is 0 Å². The number of piperidine rings is 1. The molecule has 5 heteroatoms. The summed E-state index contributed by atoms with van der Waals surface area (Å²) in [6.45, 7) is 2.73. The molecule has 1 heterocycles. The number of amides is 1. The zero-order valence-electron chi connectivity index (χ0n) is 11.6. The minimum Gasteiger partial charge on any atom is -0.393 e. The van der Waals surface area contributed by atoms with E-state index in [-0.39, 0.29) is 23.4 Å². The number of rotatable bonds is 3. The molecule has 4 nitrogen and oxygen atoms in total. The van der Waals surface area contributed by atoms with Gasteiger partial charge in [0.15, 0.2) is 0 Å². The van der Waals surface area contributed by atoms with Crippen molar-refractivity contribution < 1.29 is 14.3 Å². The highest BCUT2D eigenvalue weighted by atomic mass is 19.1. The minimum atomic E-state index is -0.524. The van der Waals surface area contributed by atoms with Gasteiger partial charge < -0.3 is 15.7 Å². The molecule has 20 heavy (non-hydrogen) atoms. The predicted molar refractivity (Wildman–Crippen MR) is 74.7 cm³/mol. The van der Waals surface area contributed by atoms with Crippen LogP contribution in [0.4, 0.5) is 4.39 Å². The van der Waals surface area contributed by atoms with E-state index in [2.05, 4.69) is 0 Å². The maximum absolute atomic E-state index is 13.7. The lowest BCUT2D eigenvalue weighted by Crippen LogP contribution is -2.52. The first kappa shape index (κ1) is 14.9. The Hall–Kier alpha value is -1.46. The molecule has 3 unspecified atom stereocenters. The Morgan fingerprint density at radius 1 is 1.50 bits per heavy atom. The second-order valence-corrected chi connectivity index (χ2v) is 5.42. The number of halogens is 1. The summed E-state index contributed by atoms with van der Waals surface area (Å²) in [5.74, 6) is -0.921. The molecule has 3 atom stereocenters. The van der Waals surface area contributed by atoms with Crippen LogP contribution in [0.2, 0.25) is 0 Å². The van der Waals surface area contributed by atoms with Crippen molar-refractivity contribution in [3.05, 3.63) is 35.6 Å². The summed E-state index contributed by atoms with van der Waals surface area (Å²) >= 11 is 0. The number of hydrogen-bond acceptors (Lipinski definition) is 3. The molecular formula is C15H21FN2O2. The highest BCUT2D eigenvalue weighted by Gasteiger charge is 2.32. The SMILES string of the molecule is CCC(O)C1CC(N)CN(C(=O)c2ccccc2F)C1. The number of aliphatic hydroxyl groups excluding tert-OH is 1. The van der Waals surface area contributed by atoms with E-state index >= 15 is 0 Å². The minimum absolute atomic E-state index is 0.0422. The van der Waals surface area contributed by atoms with Gasteiger partial charge in [-0.15, -0.1) is 0 Å². The Bertz CT molecular complexity index is 481. The van der Waals surface area contributed by atoms with E-state index in [4.69, 9.17) is 5.73 Å². The van der Waals surface area contributed by atoms with Gasteiger partial charge in [0.05, 0.1) is 11.7 Å². The first-order valence-corrected chi connectivity index (χ1v) is 7.00. The predicted octanol–water partition coefficient (Wildman–Crippen LogP) is 1.39. The van der Waals surface area contributed by atoms with Crippen molar-refractivity contribution in [2.24, 2.45) is 11.7 Å². The summed E-state index contributed by atoms with van der Waals surface area (Å²) in [5, 5.41) is 9.96. The van der Waals surface area contributed by atoms with Crippen LogP contribution < -0.4 is 5.73 Å². The van der Waals surface area contributed by atoms with Gasteiger partial charge in [0.2, 0.25) is 0 Å². The molecule has 1 aromatic rings. The summed E-state index contributed by atoms with van der Waals surface area (Å²) in [5.41, 5.74) is 6.02. The van der Waals surface area contributed by atoms with Crippen molar-refractivity contribution in [2.45, 2.75) is 31.9 Å². The Kier molecular flexibility index (Phi) is 4.73. The van der Waals surface area contributed by atoms with Crippen molar-refractivity contribution in [3.63, 3.8) is 0 Å². The first-order valence-electron chi connectivity index (χ1n) is 7.00. The van der Waals surface area contributed by atoms with Crippen LogP contribution in [0.15, 0.2) is 24.3 Å². The summed E-state index contributed by atoms with van der Waals surface area (Å²) in [4.78, 5) is 13.9. The van der Waals surface area contributed by atoms with E-state index in [1.54, 1.807) is 17.0 Å². The number of nitrogens with zero attached hydrogens (tertiary/aromatic N) is 1. The Morgan fingerprint density at radius 3 is 2.85 bits per heavy atom. The number of carbonyl (C=O) groups excluding carboxylic acids is 1. The lowest BCUT2D eigenvalue weighted by molar-refractivity contribution is 0.0341. The zero-order valence-corrected chi connectivity index (χ0v) is 11.6. The molecule has 1 amide bonds.